The molecule has 1 aliphatic heterocycles. The second-order valence-electron chi connectivity index (χ2n) is 8.78. The van der Waals surface area contributed by atoms with Crippen molar-refractivity contribution in [2.75, 3.05) is 23.4 Å². The fraction of sp³-hybridized carbons (Fsp3) is 0.346. The molecule has 4 nitrogen and oxygen atoms in total. The Labute approximate surface area is 215 Å². The van der Waals surface area contributed by atoms with Gasteiger partial charge in [-0.1, -0.05) is 24.6 Å². The second kappa shape index (κ2) is 9.63. The third kappa shape index (κ3) is 4.79. The molecule has 0 spiro atoms. The zero-order chi connectivity index (χ0) is 27.3. The summed E-state index contributed by atoms with van der Waals surface area (Å²) in [5.74, 6) is 1.33. The van der Waals surface area contributed by atoms with Gasteiger partial charge in [0, 0.05) is 25.7 Å². The number of imidazole rings is 1. The number of fused-ring (bicyclic) bond motifs is 2. The molecule has 0 saturated carbocycles. The van der Waals surface area contributed by atoms with Gasteiger partial charge in [-0.15, -0.1) is 0 Å². The van der Waals surface area contributed by atoms with Crippen LogP contribution in [0, 0.1) is 0 Å². The van der Waals surface area contributed by atoms with Gasteiger partial charge in [-0.2, -0.15) is 26.3 Å². The Morgan fingerprint density at radius 1 is 0.973 bits per heavy atom. The average Bonchev–Trinajstić information content (AvgIpc) is 3.22. The Morgan fingerprint density at radius 3 is 2.27 bits per heavy atom. The van der Waals surface area contributed by atoms with Crippen LogP contribution in [0.3, 0.4) is 0 Å². The van der Waals surface area contributed by atoms with E-state index in [0.717, 1.165) is 18.2 Å². The number of hydrogen-bond donors (Lipinski definition) is 0. The quantitative estimate of drug-likeness (QED) is 0.246. The van der Waals surface area contributed by atoms with Crippen LogP contribution in [0.4, 0.5) is 37.7 Å². The van der Waals surface area contributed by atoms with Crippen LogP contribution in [0.25, 0.3) is 17.1 Å². The highest BCUT2D eigenvalue weighted by Gasteiger charge is 2.37. The lowest BCUT2D eigenvalue weighted by atomic mass is 10.1. The number of nitrogens with zero attached hydrogens (tertiary/aromatic N) is 4. The molecule has 2 aromatic carbocycles. The first-order valence-corrected chi connectivity index (χ1v) is 12.1. The van der Waals surface area contributed by atoms with Crippen molar-refractivity contribution in [3.8, 4) is 0 Å². The maximum Gasteiger partial charge on any atom is 0.417 e. The number of rotatable bonds is 5. The van der Waals surface area contributed by atoms with Crippen LogP contribution in [0.5, 0.6) is 0 Å². The SMILES string of the molecule is CCCn1c(/C=C/C=C2/N(C)c3cc(C(F)(F)F)c(Cl)cc3N2CC)[n+](C)c2ccc(C(F)(F)F)cc21. The Kier molecular flexibility index (Phi) is 7.00. The fourth-order valence-electron chi connectivity index (χ4n) is 4.72. The van der Waals surface area contributed by atoms with E-state index in [1.54, 1.807) is 37.2 Å². The van der Waals surface area contributed by atoms with Crippen molar-refractivity contribution in [3.63, 3.8) is 0 Å². The topological polar surface area (TPSA) is 15.3 Å². The van der Waals surface area contributed by atoms with Crippen LogP contribution >= 0.6 is 11.6 Å². The molecule has 3 aromatic rings. The van der Waals surface area contributed by atoms with Crippen molar-refractivity contribution in [3.05, 3.63) is 70.3 Å². The highest BCUT2D eigenvalue weighted by atomic mass is 35.5. The molecule has 4 rings (SSSR count). The van der Waals surface area contributed by atoms with Crippen molar-refractivity contribution < 1.29 is 30.9 Å². The Bertz CT molecular complexity index is 1400. The molecule has 1 aliphatic rings. The molecule has 0 saturated heterocycles. The van der Waals surface area contributed by atoms with E-state index in [1.165, 1.54) is 12.1 Å². The zero-order valence-electron chi connectivity index (χ0n) is 20.7. The van der Waals surface area contributed by atoms with Crippen molar-refractivity contribution in [2.45, 2.75) is 39.2 Å². The first-order chi connectivity index (χ1) is 17.3. The van der Waals surface area contributed by atoms with Gasteiger partial charge in [-0.05, 0) is 43.7 Å². The van der Waals surface area contributed by atoms with Gasteiger partial charge in [0.1, 0.15) is 5.82 Å². The van der Waals surface area contributed by atoms with E-state index in [-0.39, 0.29) is 5.02 Å². The van der Waals surface area contributed by atoms with Gasteiger partial charge in [-0.3, -0.25) is 0 Å². The van der Waals surface area contributed by atoms with Gasteiger partial charge in [0.15, 0.2) is 11.0 Å². The fourth-order valence-corrected chi connectivity index (χ4v) is 4.99. The lowest BCUT2D eigenvalue weighted by Crippen LogP contribution is -2.31. The van der Waals surface area contributed by atoms with Gasteiger partial charge < -0.3 is 9.80 Å². The van der Waals surface area contributed by atoms with Crippen molar-refractivity contribution in [2.24, 2.45) is 7.05 Å². The Morgan fingerprint density at radius 2 is 1.68 bits per heavy atom. The zero-order valence-corrected chi connectivity index (χ0v) is 21.4. The number of hydrogen-bond acceptors (Lipinski definition) is 2. The summed E-state index contributed by atoms with van der Waals surface area (Å²) in [6.07, 6.45) is -3.02. The molecule has 37 heavy (non-hydrogen) atoms. The number of alkyl halides is 6. The first-order valence-electron chi connectivity index (χ1n) is 11.7. The van der Waals surface area contributed by atoms with E-state index >= 15 is 0 Å². The highest BCUT2D eigenvalue weighted by Crippen LogP contribution is 2.47. The molecule has 198 valence electrons. The molecule has 0 aliphatic carbocycles. The summed E-state index contributed by atoms with van der Waals surface area (Å²) in [6, 6.07) is 6.05. The minimum atomic E-state index is -4.58. The molecule has 1 aromatic heterocycles. The number of aromatic nitrogens is 2. The minimum absolute atomic E-state index is 0.371. The lowest BCUT2D eigenvalue weighted by Gasteiger charge is -2.20. The second-order valence-corrected chi connectivity index (χ2v) is 9.18. The molecular weight excluding hydrogens is 518 g/mol. The van der Waals surface area contributed by atoms with E-state index in [2.05, 4.69) is 0 Å². The summed E-state index contributed by atoms with van der Waals surface area (Å²) >= 11 is 5.96. The predicted octanol–water partition coefficient (Wildman–Crippen LogP) is 7.40. The van der Waals surface area contributed by atoms with E-state index in [4.69, 9.17) is 11.6 Å². The van der Waals surface area contributed by atoms with Crippen LogP contribution in [-0.4, -0.2) is 18.2 Å². The largest absolute Gasteiger partial charge is 0.417 e. The number of anilines is 2. The molecule has 0 bridgehead atoms. The minimum Gasteiger partial charge on any atom is -0.329 e. The normalized spacial score (nSPS) is 15.6. The van der Waals surface area contributed by atoms with Crippen LogP contribution < -0.4 is 14.4 Å². The van der Waals surface area contributed by atoms with Crippen LogP contribution in [0.2, 0.25) is 5.02 Å². The molecule has 2 heterocycles. The molecule has 0 radical (unpaired) electrons. The van der Waals surface area contributed by atoms with Crippen LogP contribution in [0.15, 0.2) is 48.3 Å². The molecular formula is C26H26ClF6N4+. The Balaban J connectivity index is 1.76. The van der Waals surface area contributed by atoms with Gasteiger partial charge in [0.25, 0.3) is 5.82 Å². The number of aryl methyl sites for hydroxylation is 2. The number of benzene rings is 2. The summed E-state index contributed by atoms with van der Waals surface area (Å²) < 4.78 is 83.9. The molecule has 0 fully saturated rings. The first kappa shape index (κ1) is 26.9. The Hall–Kier alpha value is -3.14. The van der Waals surface area contributed by atoms with Crippen molar-refractivity contribution in [1.29, 1.82) is 0 Å². The van der Waals surface area contributed by atoms with Crippen LogP contribution in [-0.2, 0) is 25.9 Å². The van der Waals surface area contributed by atoms with Crippen LogP contribution in [0.1, 0.15) is 37.2 Å². The third-order valence-electron chi connectivity index (χ3n) is 6.47. The van der Waals surface area contributed by atoms with E-state index in [1.807, 2.05) is 27.9 Å². The monoisotopic (exact) mass is 543 g/mol. The van der Waals surface area contributed by atoms with Gasteiger partial charge >= 0.3 is 12.4 Å². The summed E-state index contributed by atoms with van der Waals surface area (Å²) in [6.45, 7) is 4.82. The number of halogens is 7. The maximum absolute atomic E-state index is 13.4. The summed E-state index contributed by atoms with van der Waals surface area (Å²) in [7, 11) is 3.46. The molecule has 11 heteroatoms. The van der Waals surface area contributed by atoms with E-state index in [9.17, 15) is 26.3 Å². The third-order valence-corrected chi connectivity index (χ3v) is 6.78. The van der Waals surface area contributed by atoms with Crippen molar-refractivity contribution in [1.82, 2.24) is 4.57 Å². The summed E-state index contributed by atoms with van der Waals surface area (Å²) in [5.41, 5.74) is 0.456. The summed E-state index contributed by atoms with van der Waals surface area (Å²) in [4.78, 5) is 3.51. The molecule has 0 N–H and O–H groups in total. The predicted molar refractivity (Wildman–Crippen MR) is 133 cm³/mol. The smallest absolute Gasteiger partial charge is 0.329 e. The highest BCUT2D eigenvalue weighted by molar-refractivity contribution is 6.32. The van der Waals surface area contributed by atoms with E-state index in [0.29, 0.717) is 53.6 Å². The van der Waals surface area contributed by atoms with Gasteiger partial charge in [-0.25, -0.2) is 9.13 Å². The maximum atomic E-state index is 13.4. The van der Waals surface area contributed by atoms with Crippen molar-refractivity contribution >= 4 is 40.1 Å². The molecule has 0 atom stereocenters. The van der Waals surface area contributed by atoms with Gasteiger partial charge in [0.2, 0.25) is 0 Å². The molecule has 0 amide bonds. The average molecular weight is 544 g/mol. The standard InChI is InChI=1S/C26H26ClF6N4/c1-5-12-37-21-13-16(25(28,29)30)10-11-19(21)34(3)24(37)9-7-8-23-35(4)20-14-17(26(31,32)33)18(27)15-22(20)36(23)6-2/h7-11,13-15H,5-6,12H2,1-4H3/q+1. The summed E-state index contributed by atoms with van der Waals surface area (Å²) in [5, 5.41) is -0.371. The molecule has 0 unspecified atom stereocenters. The van der Waals surface area contributed by atoms with E-state index < -0.39 is 23.5 Å². The van der Waals surface area contributed by atoms with Gasteiger partial charge in [0.05, 0.1) is 41.1 Å². The number of allylic oxidation sites excluding steroid dienone is 2. The lowest BCUT2D eigenvalue weighted by molar-refractivity contribution is -0.647.